The van der Waals surface area contributed by atoms with Crippen LogP contribution >= 0.6 is 0 Å². The van der Waals surface area contributed by atoms with E-state index < -0.39 is 9.84 Å². The highest BCUT2D eigenvalue weighted by Crippen LogP contribution is 2.57. The Hall–Kier alpha value is -0.0900. The second kappa shape index (κ2) is 2.77. The summed E-state index contributed by atoms with van der Waals surface area (Å²) >= 11 is 0. The standard InChI is InChI=1S/C11H19NO2S/c1-15(13,14)11-4-7-2-8(5-11)10(12)9(3-7)6-11/h7-10H,2-6,12H2,1H3/t7?,8-,9+,10?,11?. The van der Waals surface area contributed by atoms with Crippen LogP contribution in [0.25, 0.3) is 0 Å². The maximum atomic E-state index is 12.0. The molecule has 3 nitrogen and oxygen atoms in total. The van der Waals surface area contributed by atoms with E-state index in [1.54, 1.807) is 0 Å². The maximum absolute atomic E-state index is 12.0. The van der Waals surface area contributed by atoms with Gasteiger partial charge in [0, 0.05) is 12.3 Å². The molecule has 0 saturated heterocycles. The minimum Gasteiger partial charge on any atom is -0.327 e. The smallest absolute Gasteiger partial charge is 0.153 e. The summed E-state index contributed by atoms with van der Waals surface area (Å²) in [5, 5.41) is 0. The fourth-order valence-corrected chi connectivity index (χ4v) is 6.02. The third-order valence-electron chi connectivity index (χ3n) is 5.08. The lowest BCUT2D eigenvalue weighted by Gasteiger charge is -2.58. The van der Waals surface area contributed by atoms with Crippen LogP contribution in [-0.2, 0) is 9.84 Å². The van der Waals surface area contributed by atoms with Gasteiger partial charge in [-0.3, -0.25) is 0 Å². The highest BCUT2D eigenvalue weighted by Gasteiger charge is 2.58. The van der Waals surface area contributed by atoms with Gasteiger partial charge in [-0.25, -0.2) is 8.42 Å². The number of hydrogen-bond donors (Lipinski definition) is 1. The van der Waals surface area contributed by atoms with Crippen molar-refractivity contribution in [2.24, 2.45) is 23.5 Å². The molecule has 4 aliphatic carbocycles. The largest absolute Gasteiger partial charge is 0.327 e. The van der Waals surface area contributed by atoms with E-state index in [2.05, 4.69) is 0 Å². The van der Waals surface area contributed by atoms with E-state index in [0.29, 0.717) is 17.8 Å². The molecule has 4 bridgehead atoms. The highest BCUT2D eigenvalue weighted by molar-refractivity contribution is 7.92. The van der Waals surface area contributed by atoms with Crippen molar-refractivity contribution in [3.05, 3.63) is 0 Å². The first-order valence-electron chi connectivity index (χ1n) is 5.86. The second-order valence-corrected chi connectivity index (χ2v) is 8.41. The fraction of sp³-hybridized carbons (Fsp3) is 1.00. The van der Waals surface area contributed by atoms with E-state index in [0.717, 1.165) is 19.3 Å². The zero-order chi connectivity index (χ0) is 10.8. The van der Waals surface area contributed by atoms with Crippen LogP contribution < -0.4 is 5.73 Å². The molecule has 0 heterocycles. The molecule has 5 atom stereocenters. The van der Waals surface area contributed by atoms with Gasteiger partial charge in [0.15, 0.2) is 9.84 Å². The lowest BCUT2D eigenvalue weighted by molar-refractivity contribution is 0.0139. The van der Waals surface area contributed by atoms with Crippen LogP contribution in [0.15, 0.2) is 0 Å². The zero-order valence-corrected chi connectivity index (χ0v) is 9.96. The van der Waals surface area contributed by atoms with Crippen LogP contribution in [0.3, 0.4) is 0 Å². The lowest BCUT2D eigenvalue weighted by atomic mass is 9.54. The number of nitrogens with two attached hydrogens (primary N) is 1. The number of rotatable bonds is 1. The molecule has 0 aliphatic heterocycles. The summed E-state index contributed by atoms with van der Waals surface area (Å²) < 4.78 is 23.5. The third kappa shape index (κ3) is 1.24. The van der Waals surface area contributed by atoms with Gasteiger partial charge in [0.25, 0.3) is 0 Å². The summed E-state index contributed by atoms with van der Waals surface area (Å²) in [5.74, 6) is 1.59. The zero-order valence-electron chi connectivity index (χ0n) is 9.15. The molecule has 4 saturated carbocycles. The predicted octanol–water partition coefficient (Wildman–Crippen LogP) is 0.937. The molecule has 15 heavy (non-hydrogen) atoms. The number of hydrogen-bond acceptors (Lipinski definition) is 3. The van der Waals surface area contributed by atoms with Gasteiger partial charge in [-0.1, -0.05) is 0 Å². The van der Waals surface area contributed by atoms with Crippen molar-refractivity contribution in [1.29, 1.82) is 0 Å². The normalized spacial score (nSPS) is 53.5. The first-order chi connectivity index (χ1) is 6.91. The molecule has 4 fully saturated rings. The van der Waals surface area contributed by atoms with Crippen LogP contribution in [0.1, 0.15) is 32.1 Å². The van der Waals surface area contributed by atoms with Crippen molar-refractivity contribution >= 4 is 9.84 Å². The molecule has 0 radical (unpaired) electrons. The van der Waals surface area contributed by atoms with Gasteiger partial charge in [0.2, 0.25) is 0 Å². The van der Waals surface area contributed by atoms with Gasteiger partial charge in [0.1, 0.15) is 0 Å². The third-order valence-corrected chi connectivity index (χ3v) is 7.15. The Balaban J connectivity index is 2.03. The molecular weight excluding hydrogens is 210 g/mol. The second-order valence-electron chi connectivity index (χ2n) is 6.00. The Labute approximate surface area is 91.3 Å². The maximum Gasteiger partial charge on any atom is 0.153 e. The van der Waals surface area contributed by atoms with E-state index in [-0.39, 0.29) is 10.8 Å². The van der Waals surface area contributed by atoms with E-state index in [4.69, 9.17) is 5.73 Å². The van der Waals surface area contributed by atoms with Crippen molar-refractivity contribution in [2.45, 2.75) is 42.9 Å². The Kier molecular flexibility index (Phi) is 1.87. The molecule has 4 heteroatoms. The van der Waals surface area contributed by atoms with Crippen LogP contribution in [0, 0.1) is 17.8 Å². The topological polar surface area (TPSA) is 60.2 Å². The molecule has 4 aliphatic rings. The number of sulfone groups is 1. The quantitative estimate of drug-likeness (QED) is 0.728. The van der Waals surface area contributed by atoms with Gasteiger partial charge in [-0.2, -0.15) is 0 Å². The Morgan fingerprint density at radius 2 is 1.67 bits per heavy atom. The lowest BCUT2D eigenvalue weighted by Crippen LogP contribution is -2.61. The fourth-order valence-electron chi connectivity index (χ4n) is 4.44. The molecule has 0 amide bonds. The summed E-state index contributed by atoms with van der Waals surface area (Å²) in [6.07, 6.45) is 6.35. The molecular formula is C11H19NO2S. The van der Waals surface area contributed by atoms with Crippen molar-refractivity contribution in [1.82, 2.24) is 0 Å². The minimum absolute atomic E-state index is 0.274. The van der Waals surface area contributed by atoms with E-state index in [9.17, 15) is 8.42 Å². The average molecular weight is 229 g/mol. The molecule has 0 spiro atoms. The summed E-state index contributed by atoms with van der Waals surface area (Å²) in [5.41, 5.74) is 6.17. The Morgan fingerprint density at radius 1 is 1.13 bits per heavy atom. The molecule has 0 aromatic carbocycles. The molecule has 3 unspecified atom stereocenters. The van der Waals surface area contributed by atoms with Crippen LogP contribution in [-0.4, -0.2) is 25.5 Å². The molecule has 2 N–H and O–H groups in total. The van der Waals surface area contributed by atoms with E-state index in [1.807, 2.05) is 0 Å². The Morgan fingerprint density at radius 3 is 2.13 bits per heavy atom. The van der Waals surface area contributed by atoms with Gasteiger partial charge >= 0.3 is 0 Å². The minimum atomic E-state index is -2.90. The van der Waals surface area contributed by atoms with Crippen LogP contribution in [0.5, 0.6) is 0 Å². The van der Waals surface area contributed by atoms with Crippen molar-refractivity contribution < 1.29 is 8.42 Å². The molecule has 0 aromatic rings. The predicted molar refractivity (Wildman–Crippen MR) is 59.1 cm³/mol. The first kappa shape index (κ1) is 10.1. The average Bonchev–Trinajstić information content (AvgIpc) is 2.10. The summed E-state index contributed by atoms with van der Waals surface area (Å²) in [6.45, 7) is 0. The van der Waals surface area contributed by atoms with Crippen LogP contribution in [0.4, 0.5) is 0 Å². The van der Waals surface area contributed by atoms with Crippen molar-refractivity contribution in [3.8, 4) is 0 Å². The SMILES string of the molecule is CS(=O)(=O)C12CC3C[C@H](C1)C(N)[C@@H](C3)C2. The van der Waals surface area contributed by atoms with Gasteiger partial charge in [-0.15, -0.1) is 0 Å². The van der Waals surface area contributed by atoms with Gasteiger partial charge in [0.05, 0.1) is 4.75 Å². The molecule has 4 rings (SSSR count). The van der Waals surface area contributed by atoms with E-state index in [1.165, 1.54) is 19.1 Å². The van der Waals surface area contributed by atoms with Gasteiger partial charge < -0.3 is 5.73 Å². The molecule has 86 valence electrons. The first-order valence-corrected chi connectivity index (χ1v) is 7.76. The Bertz CT molecular complexity index is 373. The molecule has 0 aromatic heterocycles. The van der Waals surface area contributed by atoms with Crippen LogP contribution in [0.2, 0.25) is 0 Å². The van der Waals surface area contributed by atoms with Crippen molar-refractivity contribution in [2.75, 3.05) is 6.26 Å². The highest BCUT2D eigenvalue weighted by atomic mass is 32.2. The van der Waals surface area contributed by atoms with Crippen molar-refractivity contribution in [3.63, 3.8) is 0 Å². The summed E-state index contributed by atoms with van der Waals surface area (Å²) in [7, 11) is -2.90. The van der Waals surface area contributed by atoms with E-state index >= 15 is 0 Å². The summed E-state index contributed by atoms with van der Waals surface area (Å²) in [6, 6.07) is 0.274. The summed E-state index contributed by atoms with van der Waals surface area (Å²) in [4.78, 5) is 0. The van der Waals surface area contributed by atoms with Gasteiger partial charge in [-0.05, 0) is 49.9 Å². The monoisotopic (exact) mass is 229 g/mol.